The molecule has 0 amide bonds. The van der Waals surface area contributed by atoms with E-state index in [0.29, 0.717) is 6.54 Å². The van der Waals surface area contributed by atoms with Crippen LogP contribution in [0.1, 0.15) is 44.9 Å². The van der Waals surface area contributed by atoms with Crippen molar-refractivity contribution >= 4 is 29.9 Å². The van der Waals surface area contributed by atoms with Gasteiger partial charge in [0.1, 0.15) is 6.54 Å². The van der Waals surface area contributed by atoms with Crippen LogP contribution in [-0.2, 0) is 5.41 Å². The lowest BCUT2D eigenvalue weighted by atomic mass is 9.86. The smallest absolute Gasteiger partial charge is 0.257 e. The molecule has 0 saturated heterocycles. The number of halogens is 3. The Morgan fingerprint density at radius 1 is 1.17 bits per heavy atom. The number of aliphatic hydroxyl groups is 1. The highest BCUT2D eigenvalue weighted by atomic mass is 127. The molecule has 1 aromatic rings. The molecule has 0 heterocycles. The molecule has 1 unspecified atom stereocenters. The number of hydrogen-bond donors (Lipinski definition) is 3. The van der Waals surface area contributed by atoms with Gasteiger partial charge in [0.25, 0.3) is 6.43 Å². The summed E-state index contributed by atoms with van der Waals surface area (Å²) in [5.74, 6) is 0.276. The maximum absolute atomic E-state index is 12.2. The van der Waals surface area contributed by atoms with Crippen molar-refractivity contribution in [3.63, 3.8) is 0 Å². The predicted molar refractivity (Wildman–Crippen MR) is 106 cm³/mol. The van der Waals surface area contributed by atoms with Gasteiger partial charge in [0, 0.05) is 13.1 Å². The van der Waals surface area contributed by atoms with E-state index in [9.17, 15) is 13.9 Å². The Morgan fingerprint density at radius 2 is 1.75 bits per heavy atom. The fourth-order valence-corrected chi connectivity index (χ4v) is 2.02. The summed E-state index contributed by atoms with van der Waals surface area (Å²) in [4.78, 5) is 3.76. The van der Waals surface area contributed by atoms with Crippen molar-refractivity contribution in [2.75, 3.05) is 19.6 Å². The summed E-state index contributed by atoms with van der Waals surface area (Å²) < 4.78 is 24.4. The third kappa shape index (κ3) is 8.23. The first-order chi connectivity index (χ1) is 10.7. The van der Waals surface area contributed by atoms with Gasteiger partial charge in [-0.25, -0.2) is 13.8 Å². The number of hydrogen-bond acceptors (Lipinski definition) is 2. The van der Waals surface area contributed by atoms with Crippen molar-refractivity contribution in [1.82, 2.24) is 10.6 Å². The van der Waals surface area contributed by atoms with E-state index in [4.69, 9.17) is 0 Å². The second kappa shape index (κ2) is 10.8. The zero-order valence-corrected chi connectivity index (χ0v) is 17.0. The molecule has 1 aromatic carbocycles. The molecule has 0 aliphatic carbocycles. The Labute approximate surface area is 160 Å². The third-order valence-electron chi connectivity index (χ3n) is 3.36. The minimum atomic E-state index is -2.49. The SMILES string of the molecule is CCNC(=NCC(F)F)NCC(O)c1ccc(C(C)(C)C)cc1.I. The monoisotopic (exact) mass is 455 g/mol. The largest absolute Gasteiger partial charge is 0.387 e. The van der Waals surface area contributed by atoms with Gasteiger partial charge >= 0.3 is 0 Å². The highest BCUT2D eigenvalue weighted by molar-refractivity contribution is 14.0. The van der Waals surface area contributed by atoms with Gasteiger partial charge in [-0.1, -0.05) is 45.0 Å². The van der Waals surface area contributed by atoms with Crippen LogP contribution in [-0.4, -0.2) is 37.1 Å². The van der Waals surface area contributed by atoms with Gasteiger partial charge in [0.15, 0.2) is 5.96 Å². The number of guanidine groups is 1. The normalized spacial score (nSPS) is 13.4. The van der Waals surface area contributed by atoms with Crippen LogP contribution in [0.5, 0.6) is 0 Å². The molecule has 3 N–H and O–H groups in total. The molecule has 1 rings (SSSR count). The van der Waals surface area contributed by atoms with Crippen LogP contribution in [0.3, 0.4) is 0 Å². The zero-order chi connectivity index (χ0) is 17.5. The van der Waals surface area contributed by atoms with Crippen molar-refractivity contribution in [1.29, 1.82) is 0 Å². The summed E-state index contributed by atoms with van der Waals surface area (Å²) in [5.41, 5.74) is 2.02. The van der Waals surface area contributed by atoms with Gasteiger partial charge in [0.05, 0.1) is 6.10 Å². The van der Waals surface area contributed by atoms with E-state index in [0.717, 1.165) is 5.56 Å². The van der Waals surface area contributed by atoms with Crippen LogP contribution in [0.4, 0.5) is 8.78 Å². The molecule has 138 valence electrons. The van der Waals surface area contributed by atoms with E-state index in [1.54, 1.807) is 0 Å². The lowest BCUT2D eigenvalue weighted by Crippen LogP contribution is -2.39. The molecule has 0 radical (unpaired) electrons. The minimum absolute atomic E-state index is 0. The number of aliphatic imine (C=N–C) groups is 1. The minimum Gasteiger partial charge on any atom is -0.387 e. The first-order valence-electron chi connectivity index (χ1n) is 7.83. The number of rotatable bonds is 6. The van der Waals surface area contributed by atoms with Crippen LogP contribution in [0.15, 0.2) is 29.3 Å². The average Bonchev–Trinajstić information content (AvgIpc) is 2.49. The van der Waals surface area contributed by atoms with Gasteiger partial charge in [-0.05, 0) is 23.5 Å². The lowest BCUT2D eigenvalue weighted by Gasteiger charge is -2.20. The Kier molecular flexibility index (Phi) is 10.4. The van der Waals surface area contributed by atoms with E-state index in [1.165, 1.54) is 5.56 Å². The average molecular weight is 455 g/mol. The molecule has 0 aromatic heterocycles. The summed E-state index contributed by atoms with van der Waals surface area (Å²) in [6.45, 7) is 8.43. The number of benzene rings is 1. The van der Waals surface area contributed by atoms with Crippen LogP contribution in [0.25, 0.3) is 0 Å². The Bertz CT molecular complexity index is 502. The molecule has 0 bridgehead atoms. The first-order valence-corrected chi connectivity index (χ1v) is 7.83. The fraction of sp³-hybridized carbons (Fsp3) is 0.588. The first kappa shape index (κ1) is 23.0. The number of aliphatic hydroxyl groups excluding tert-OH is 1. The molecule has 4 nitrogen and oxygen atoms in total. The standard InChI is InChI=1S/C17H27F2N3O.HI/c1-5-20-16(22-11-15(18)19)21-10-14(23)12-6-8-13(9-7-12)17(2,3)4;/h6-9,14-15,23H,5,10-11H2,1-4H3,(H2,20,21,22);1H. The van der Waals surface area contributed by atoms with E-state index >= 15 is 0 Å². The number of nitrogens with one attached hydrogen (secondary N) is 2. The summed E-state index contributed by atoms with van der Waals surface area (Å²) >= 11 is 0. The van der Waals surface area contributed by atoms with Crippen molar-refractivity contribution in [3.05, 3.63) is 35.4 Å². The van der Waals surface area contributed by atoms with Crippen molar-refractivity contribution in [3.8, 4) is 0 Å². The Morgan fingerprint density at radius 3 is 2.21 bits per heavy atom. The van der Waals surface area contributed by atoms with Crippen LogP contribution in [0.2, 0.25) is 0 Å². The quantitative estimate of drug-likeness (QED) is 0.350. The van der Waals surface area contributed by atoms with Gasteiger partial charge in [0.2, 0.25) is 0 Å². The molecular weight excluding hydrogens is 427 g/mol. The topological polar surface area (TPSA) is 56.7 Å². The molecule has 0 spiro atoms. The van der Waals surface area contributed by atoms with Crippen molar-refractivity contribution in [2.45, 2.75) is 45.6 Å². The van der Waals surface area contributed by atoms with Gasteiger partial charge in [-0.3, -0.25) is 0 Å². The molecule has 0 saturated carbocycles. The highest BCUT2D eigenvalue weighted by Crippen LogP contribution is 2.23. The van der Waals surface area contributed by atoms with Crippen LogP contribution in [0, 0.1) is 0 Å². The van der Waals surface area contributed by atoms with Gasteiger partial charge in [-0.15, -0.1) is 24.0 Å². The van der Waals surface area contributed by atoms with Crippen molar-refractivity contribution < 1.29 is 13.9 Å². The van der Waals surface area contributed by atoms with E-state index in [2.05, 4.69) is 36.4 Å². The number of alkyl halides is 2. The second-order valence-electron chi connectivity index (χ2n) is 6.38. The Balaban J connectivity index is 0.00000529. The molecule has 24 heavy (non-hydrogen) atoms. The fourth-order valence-electron chi connectivity index (χ4n) is 2.02. The molecule has 1 atom stereocenters. The molecule has 0 aliphatic heterocycles. The van der Waals surface area contributed by atoms with Gasteiger partial charge in [-0.2, -0.15) is 0 Å². The summed E-state index contributed by atoms with van der Waals surface area (Å²) in [6.07, 6.45) is -3.22. The van der Waals surface area contributed by atoms with Crippen LogP contribution >= 0.6 is 24.0 Å². The molecule has 7 heteroatoms. The molecular formula is C17H28F2IN3O. The lowest BCUT2D eigenvalue weighted by molar-refractivity contribution is 0.158. The summed E-state index contributed by atoms with van der Waals surface area (Å²) in [7, 11) is 0. The molecule has 0 aliphatic rings. The predicted octanol–water partition coefficient (Wildman–Crippen LogP) is 3.46. The summed E-state index contributed by atoms with van der Waals surface area (Å²) in [6, 6.07) is 7.76. The van der Waals surface area contributed by atoms with E-state index in [1.807, 2.05) is 31.2 Å². The third-order valence-corrected chi connectivity index (χ3v) is 3.36. The zero-order valence-electron chi connectivity index (χ0n) is 14.6. The summed E-state index contributed by atoms with van der Waals surface area (Å²) in [5, 5.41) is 16.0. The van der Waals surface area contributed by atoms with Crippen molar-refractivity contribution in [2.24, 2.45) is 4.99 Å². The maximum Gasteiger partial charge on any atom is 0.257 e. The molecule has 0 fully saturated rings. The van der Waals surface area contributed by atoms with Crippen LogP contribution < -0.4 is 10.6 Å². The second-order valence-corrected chi connectivity index (χ2v) is 6.38. The maximum atomic E-state index is 12.2. The highest BCUT2D eigenvalue weighted by Gasteiger charge is 2.15. The van der Waals surface area contributed by atoms with E-state index in [-0.39, 0.29) is 41.9 Å². The van der Waals surface area contributed by atoms with Gasteiger partial charge < -0.3 is 15.7 Å². The van der Waals surface area contributed by atoms with E-state index < -0.39 is 19.1 Å². The Hall–Kier alpha value is -0.960. The number of nitrogens with zero attached hydrogens (tertiary/aromatic N) is 1.